The van der Waals surface area contributed by atoms with E-state index in [-0.39, 0.29) is 39.6 Å². The second-order valence-corrected chi connectivity index (χ2v) is 11.7. The summed E-state index contributed by atoms with van der Waals surface area (Å²) in [6.07, 6.45) is 0. The number of hydrogen-bond acceptors (Lipinski definition) is 7. The van der Waals surface area contributed by atoms with Gasteiger partial charge in [0.1, 0.15) is 18.3 Å². The average Bonchev–Trinajstić information content (AvgIpc) is 2.97. The molecule has 0 unspecified atom stereocenters. The van der Waals surface area contributed by atoms with Crippen LogP contribution < -0.4 is 23.8 Å². The first-order valence-corrected chi connectivity index (χ1v) is 15.0. The SMILES string of the molecule is CCNC(=O)[C@@H](C)N(Cc1cccc(C)c1)C(=O)CN(c1cc(Cl)ccc1OC)S(=O)(=O)c1ccc(OC)c(OC)c1. The van der Waals surface area contributed by atoms with E-state index < -0.39 is 28.5 Å². The van der Waals surface area contributed by atoms with Gasteiger partial charge in [-0.15, -0.1) is 0 Å². The fraction of sp³-hybridized carbons (Fsp3) is 0.333. The lowest BCUT2D eigenvalue weighted by atomic mass is 10.1. The predicted octanol–water partition coefficient (Wildman–Crippen LogP) is 4.42. The van der Waals surface area contributed by atoms with E-state index in [0.717, 1.165) is 15.4 Å². The largest absolute Gasteiger partial charge is 0.495 e. The molecule has 0 saturated heterocycles. The van der Waals surface area contributed by atoms with Gasteiger partial charge in [0.05, 0.1) is 31.9 Å². The molecule has 0 spiro atoms. The van der Waals surface area contributed by atoms with Gasteiger partial charge in [-0.05, 0) is 56.7 Å². The summed E-state index contributed by atoms with van der Waals surface area (Å²) < 4.78 is 45.4. The fourth-order valence-electron chi connectivity index (χ4n) is 4.39. The second kappa shape index (κ2) is 14.3. The molecule has 3 rings (SSSR count). The molecule has 0 fully saturated rings. The van der Waals surface area contributed by atoms with Crippen molar-refractivity contribution in [2.45, 2.75) is 38.3 Å². The summed E-state index contributed by atoms with van der Waals surface area (Å²) in [5.74, 6) is -0.277. The lowest BCUT2D eigenvalue weighted by Gasteiger charge is -2.32. The number of methoxy groups -OCH3 is 3. The third kappa shape index (κ3) is 7.46. The van der Waals surface area contributed by atoms with Crippen molar-refractivity contribution in [2.75, 3.05) is 38.7 Å². The van der Waals surface area contributed by atoms with Crippen molar-refractivity contribution < 1.29 is 32.2 Å². The molecule has 0 bridgehead atoms. The van der Waals surface area contributed by atoms with Crippen molar-refractivity contribution in [1.29, 1.82) is 0 Å². The van der Waals surface area contributed by atoms with Crippen LogP contribution >= 0.6 is 11.6 Å². The van der Waals surface area contributed by atoms with Gasteiger partial charge < -0.3 is 24.4 Å². The smallest absolute Gasteiger partial charge is 0.265 e. The summed E-state index contributed by atoms with van der Waals surface area (Å²) in [6.45, 7) is 5.10. The van der Waals surface area contributed by atoms with Gasteiger partial charge in [-0.2, -0.15) is 0 Å². The normalized spacial score (nSPS) is 11.8. The second-order valence-electron chi connectivity index (χ2n) is 9.43. The number of carbonyl (C=O) groups excluding carboxylic acids is 2. The predicted molar refractivity (Wildman–Crippen MR) is 162 cm³/mol. The molecule has 0 aromatic heterocycles. The maximum absolute atomic E-state index is 14.2. The number of halogens is 1. The Kier molecular flexibility index (Phi) is 11.1. The topological polar surface area (TPSA) is 114 Å². The Balaban J connectivity index is 2.15. The molecule has 3 aromatic carbocycles. The van der Waals surface area contributed by atoms with Crippen molar-refractivity contribution in [3.8, 4) is 17.2 Å². The number of carbonyl (C=O) groups is 2. The lowest BCUT2D eigenvalue weighted by Crippen LogP contribution is -2.51. The fourth-order valence-corrected chi connectivity index (χ4v) is 5.99. The molecule has 12 heteroatoms. The van der Waals surface area contributed by atoms with Crippen LogP contribution in [0.25, 0.3) is 0 Å². The number of hydrogen-bond donors (Lipinski definition) is 1. The van der Waals surface area contributed by atoms with Crippen molar-refractivity contribution in [3.05, 3.63) is 76.8 Å². The van der Waals surface area contributed by atoms with Crippen LogP contribution in [0.1, 0.15) is 25.0 Å². The highest BCUT2D eigenvalue weighted by atomic mass is 35.5. The van der Waals surface area contributed by atoms with Crippen molar-refractivity contribution in [1.82, 2.24) is 10.2 Å². The summed E-state index contributed by atoms with van der Waals surface area (Å²) in [4.78, 5) is 28.2. The number of likely N-dealkylation sites (N-methyl/N-ethyl adjacent to an activating group) is 1. The molecule has 10 nitrogen and oxygen atoms in total. The van der Waals surface area contributed by atoms with Crippen LogP contribution in [-0.2, 0) is 26.2 Å². The summed E-state index contributed by atoms with van der Waals surface area (Å²) in [5.41, 5.74) is 1.82. The molecular formula is C30H36ClN3O7S. The van der Waals surface area contributed by atoms with E-state index in [0.29, 0.717) is 12.3 Å². The van der Waals surface area contributed by atoms with E-state index in [1.54, 1.807) is 19.9 Å². The van der Waals surface area contributed by atoms with E-state index in [2.05, 4.69) is 5.32 Å². The first kappa shape index (κ1) is 32.6. The van der Waals surface area contributed by atoms with Gasteiger partial charge in [0.2, 0.25) is 11.8 Å². The standard InChI is InChI=1S/C30H36ClN3O7S/c1-7-32-30(36)21(3)33(18-22-10-8-9-20(2)15-22)29(35)19-34(25-16-23(31)11-13-26(25)39-4)42(37,38)24-12-14-27(40-5)28(17-24)41-6/h8-17,21H,7,18-19H2,1-6H3,(H,32,36)/t21-/m1/s1. The van der Waals surface area contributed by atoms with Gasteiger partial charge in [-0.3, -0.25) is 13.9 Å². The van der Waals surface area contributed by atoms with Gasteiger partial charge in [-0.25, -0.2) is 8.42 Å². The van der Waals surface area contributed by atoms with Crippen LogP contribution in [0.4, 0.5) is 5.69 Å². The summed E-state index contributed by atoms with van der Waals surface area (Å²) in [7, 11) is -0.201. The minimum absolute atomic E-state index is 0.0503. The molecule has 2 amide bonds. The molecule has 0 radical (unpaired) electrons. The third-order valence-electron chi connectivity index (χ3n) is 6.59. The summed E-state index contributed by atoms with van der Waals surface area (Å²) in [6, 6.07) is 15.2. The minimum Gasteiger partial charge on any atom is -0.495 e. The van der Waals surface area contributed by atoms with E-state index in [1.165, 1.54) is 56.6 Å². The van der Waals surface area contributed by atoms with Crippen LogP contribution in [0.15, 0.2) is 65.6 Å². The Morgan fingerprint density at radius 3 is 2.21 bits per heavy atom. The zero-order chi connectivity index (χ0) is 31.0. The van der Waals surface area contributed by atoms with Crippen LogP contribution in [0.5, 0.6) is 17.2 Å². The number of aryl methyl sites for hydroxylation is 1. The lowest BCUT2D eigenvalue weighted by molar-refractivity contribution is -0.139. The molecule has 0 aliphatic rings. The number of amides is 2. The van der Waals surface area contributed by atoms with Gasteiger partial charge in [0, 0.05) is 24.2 Å². The molecule has 3 aromatic rings. The Bertz CT molecular complexity index is 1530. The highest BCUT2D eigenvalue weighted by Crippen LogP contribution is 2.37. The van der Waals surface area contributed by atoms with Crippen LogP contribution in [0, 0.1) is 6.92 Å². The minimum atomic E-state index is -4.41. The van der Waals surface area contributed by atoms with Crippen LogP contribution in [0.3, 0.4) is 0 Å². The first-order chi connectivity index (χ1) is 20.0. The molecule has 0 aliphatic carbocycles. The Morgan fingerprint density at radius 2 is 1.60 bits per heavy atom. The number of ether oxygens (including phenoxy) is 3. The summed E-state index contributed by atoms with van der Waals surface area (Å²) in [5, 5.41) is 2.97. The zero-order valence-electron chi connectivity index (χ0n) is 24.5. The number of rotatable bonds is 13. The van der Waals surface area contributed by atoms with E-state index in [4.69, 9.17) is 25.8 Å². The zero-order valence-corrected chi connectivity index (χ0v) is 26.1. The van der Waals surface area contributed by atoms with E-state index in [1.807, 2.05) is 31.2 Å². The maximum Gasteiger partial charge on any atom is 0.265 e. The number of sulfonamides is 1. The van der Waals surface area contributed by atoms with Crippen molar-refractivity contribution in [3.63, 3.8) is 0 Å². The Morgan fingerprint density at radius 1 is 0.929 bits per heavy atom. The van der Waals surface area contributed by atoms with Crippen molar-refractivity contribution in [2.24, 2.45) is 0 Å². The van der Waals surface area contributed by atoms with Gasteiger partial charge in [0.25, 0.3) is 10.0 Å². The van der Waals surface area contributed by atoms with Crippen molar-refractivity contribution >= 4 is 39.1 Å². The first-order valence-electron chi connectivity index (χ1n) is 13.2. The number of nitrogens with one attached hydrogen (secondary N) is 1. The molecular weight excluding hydrogens is 582 g/mol. The molecule has 0 aliphatic heterocycles. The van der Waals surface area contributed by atoms with Gasteiger partial charge in [0.15, 0.2) is 11.5 Å². The molecule has 1 N–H and O–H groups in total. The van der Waals surface area contributed by atoms with Crippen LogP contribution in [0.2, 0.25) is 5.02 Å². The van der Waals surface area contributed by atoms with E-state index in [9.17, 15) is 18.0 Å². The molecule has 0 heterocycles. The monoisotopic (exact) mass is 617 g/mol. The quantitative estimate of drug-likeness (QED) is 0.302. The number of benzene rings is 3. The summed E-state index contributed by atoms with van der Waals surface area (Å²) >= 11 is 6.29. The van der Waals surface area contributed by atoms with Gasteiger partial charge >= 0.3 is 0 Å². The highest BCUT2D eigenvalue weighted by molar-refractivity contribution is 7.92. The van der Waals surface area contributed by atoms with Crippen LogP contribution in [-0.4, -0.2) is 65.6 Å². The third-order valence-corrected chi connectivity index (χ3v) is 8.58. The highest BCUT2D eigenvalue weighted by Gasteiger charge is 2.34. The molecule has 226 valence electrons. The number of anilines is 1. The van der Waals surface area contributed by atoms with Gasteiger partial charge in [-0.1, -0.05) is 41.4 Å². The number of nitrogens with zero attached hydrogens (tertiary/aromatic N) is 2. The van der Waals surface area contributed by atoms with E-state index >= 15 is 0 Å². The molecule has 0 saturated carbocycles. The Labute approximate surface area is 252 Å². The maximum atomic E-state index is 14.2. The Hall–Kier alpha value is -3.96. The average molecular weight is 618 g/mol. The molecule has 1 atom stereocenters. The molecule has 42 heavy (non-hydrogen) atoms.